The fourth-order valence-electron chi connectivity index (χ4n) is 1.75. The topological polar surface area (TPSA) is 84.1 Å². The molecule has 2 heterocycles. The van der Waals surface area contributed by atoms with E-state index in [1.807, 2.05) is 11.8 Å². The van der Waals surface area contributed by atoms with Crippen LogP contribution in [0.15, 0.2) is 6.07 Å². The standard InChI is InChI=1S/C10H15N5O/c1-7-4-8(11)14-9(13-7)5-15-3-2-12-10(16)6-15/h4H,2-3,5-6H2,1H3,(H,12,16)(H2,11,13,14). The molecule has 2 rings (SSSR count). The summed E-state index contributed by atoms with van der Waals surface area (Å²) in [7, 11) is 0. The van der Waals surface area contributed by atoms with E-state index in [-0.39, 0.29) is 5.91 Å². The van der Waals surface area contributed by atoms with Gasteiger partial charge in [-0.3, -0.25) is 9.69 Å². The molecule has 1 saturated heterocycles. The average Bonchev–Trinajstić information content (AvgIpc) is 2.15. The number of rotatable bonds is 2. The molecular weight excluding hydrogens is 206 g/mol. The van der Waals surface area contributed by atoms with Crippen LogP contribution in [-0.2, 0) is 11.3 Å². The average molecular weight is 221 g/mol. The minimum Gasteiger partial charge on any atom is -0.384 e. The van der Waals surface area contributed by atoms with Crippen LogP contribution in [0.1, 0.15) is 11.5 Å². The number of aryl methyl sites for hydroxylation is 1. The molecule has 1 aromatic rings. The van der Waals surface area contributed by atoms with Gasteiger partial charge in [-0.15, -0.1) is 0 Å². The molecule has 16 heavy (non-hydrogen) atoms. The number of nitrogens with zero attached hydrogens (tertiary/aromatic N) is 3. The molecule has 0 saturated carbocycles. The van der Waals surface area contributed by atoms with Crippen LogP contribution in [0.4, 0.5) is 5.82 Å². The number of carbonyl (C=O) groups is 1. The van der Waals surface area contributed by atoms with Gasteiger partial charge in [0.25, 0.3) is 0 Å². The summed E-state index contributed by atoms with van der Waals surface area (Å²) in [5, 5.41) is 2.77. The summed E-state index contributed by atoms with van der Waals surface area (Å²) in [5.41, 5.74) is 6.49. The van der Waals surface area contributed by atoms with Crippen LogP contribution in [0.5, 0.6) is 0 Å². The zero-order valence-corrected chi connectivity index (χ0v) is 9.23. The summed E-state index contributed by atoms with van der Waals surface area (Å²) in [4.78, 5) is 21.6. The maximum absolute atomic E-state index is 11.2. The van der Waals surface area contributed by atoms with Crippen LogP contribution in [0.3, 0.4) is 0 Å². The highest BCUT2D eigenvalue weighted by Gasteiger charge is 2.17. The first-order valence-corrected chi connectivity index (χ1v) is 5.22. The highest BCUT2D eigenvalue weighted by Crippen LogP contribution is 2.05. The number of hydrogen-bond acceptors (Lipinski definition) is 5. The monoisotopic (exact) mass is 221 g/mol. The molecular formula is C10H15N5O. The lowest BCUT2D eigenvalue weighted by molar-refractivity contribution is -0.124. The number of piperazine rings is 1. The molecule has 0 unspecified atom stereocenters. The number of hydrogen-bond donors (Lipinski definition) is 2. The van der Waals surface area contributed by atoms with Gasteiger partial charge in [-0.2, -0.15) is 0 Å². The number of nitrogen functional groups attached to an aromatic ring is 1. The van der Waals surface area contributed by atoms with Gasteiger partial charge in [0.05, 0.1) is 13.1 Å². The van der Waals surface area contributed by atoms with E-state index in [1.54, 1.807) is 6.07 Å². The number of amides is 1. The summed E-state index contributed by atoms with van der Waals surface area (Å²) in [5.74, 6) is 1.20. The molecule has 1 aliphatic rings. The molecule has 86 valence electrons. The van der Waals surface area contributed by atoms with Crippen molar-refractivity contribution >= 4 is 11.7 Å². The smallest absolute Gasteiger partial charge is 0.234 e. The Hall–Kier alpha value is -1.69. The van der Waals surface area contributed by atoms with E-state index >= 15 is 0 Å². The van der Waals surface area contributed by atoms with E-state index < -0.39 is 0 Å². The number of anilines is 1. The van der Waals surface area contributed by atoms with Crippen molar-refractivity contribution in [1.82, 2.24) is 20.2 Å². The first-order chi connectivity index (χ1) is 7.63. The molecule has 0 spiro atoms. The maximum atomic E-state index is 11.2. The third-order valence-corrected chi connectivity index (χ3v) is 2.40. The van der Waals surface area contributed by atoms with E-state index in [2.05, 4.69) is 15.3 Å². The molecule has 1 aliphatic heterocycles. The van der Waals surface area contributed by atoms with Gasteiger partial charge in [0.15, 0.2) is 0 Å². The van der Waals surface area contributed by atoms with Crippen molar-refractivity contribution < 1.29 is 4.79 Å². The lowest BCUT2D eigenvalue weighted by Crippen LogP contribution is -2.47. The van der Waals surface area contributed by atoms with Crippen molar-refractivity contribution in [2.45, 2.75) is 13.5 Å². The first kappa shape index (κ1) is 10.8. The second kappa shape index (κ2) is 4.44. The van der Waals surface area contributed by atoms with E-state index in [4.69, 9.17) is 5.73 Å². The van der Waals surface area contributed by atoms with E-state index in [1.165, 1.54) is 0 Å². The van der Waals surface area contributed by atoms with Crippen molar-refractivity contribution in [2.75, 3.05) is 25.4 Å². The van der Waals surface area contributed by atoms with Crippen LogP contribution in [-0.4, -0.2) is 40.4 Å². The summed E-state index contributed by atoms with van der Waals surface area (Å²) in [6.45, 7) is 4.35. The number of nitrogens with one attached hydrogen (secondary N) is 1. The normalized spacial score (nSPS) is 17.2. The Balaban J connectivity index is 2.05. The van der Waals surface area contributed by atoms with Gasteiger partial charge in [0.2, 0.25) is 5.91 Å². The molecule has 6 nitrogen and oxygen atoms in total. The van der Waals surface area contributed by atoms with Gasteiger partial charge in [0, 0.05) is 24.8 Å². The lowest BCUT2D eigenvalue weighted by atomic mass is 10.3. The maximum Gasteiger partial charge on any atom is 0.234 e. The predicted molar refractivity (Wildman–Crippen MR) is 59.5 cm³/mol. The number of aromatic nitrogens is 2. The predicted octanol–water partition coefficient (Wildman–Crippen LogP) is -0.701. The second-order valence-electron chi connectivity index (χ2n) is 3.91. The SMILES string of the molecule is Cc1cc(N)nc(CN2CCNC(=O)C2)n1. The van der Waals surface area contributed by atoms with Gasteiger partial charge in [-0.05, 0) is 6.92 Å². The molecule has 6 heteroatoms. The van der Waals surface area contributed by atoms with Crippen LogP contribution in [0, 0.1) is 6.92 Å². The number of carbonyl (C=O) groups excluding carboxylic acids is 1. The highest BCUT2D eigenvalue weighted by atomic mass is 16.2. The van der Waals surface area contributed by atoms with Crippen molar-refractivity contribution in [2.24, 2.45) is 0 Å². The molecule has 0 radical (unpaired) electrons. The molecule has 3 N–H and O–H groups in total. The fraction of sp³-hybridized carbons (Fsp3) is 0.500. The Labute approximate surface area is 93.9 Å². The zero-order valence-electron chi connectivity index (χ0n) is 9.23. The Kier molecular flexibility index (Phi) is 3.00. The largest absolute Gasteiger partial charge is 0.384 e. The second-order valence-corrected chi connectivity index (χ2v) is 3.91. The molecule has 0 bridgehead atoms. The van der Waals surface area contributed by atoms with Gasteiger partial charge < -0.3 is 11.1 Å². The van der Waals surface area contributed by atoms with Crippen LogP contribution < -0.4 is 11.1 Å². The summed E-state index contributed by atoms with van der Waals surface area (Å²) in [6, 6.07) is 1.73. The van der Waals surface area contributed by atoms with E-state index in [0.29, 0.717) is 31.3 Å². The fourth-order valence-corrected chi connectivity index (χ4v) is 1.75. The minimum absolute atomic E-state index is 0.0480. The van der Waals surface area contributed by atoms with Gasteiger partial charge in [0.1, 0.15) is 11.6 Å². The van der Waals surface area contributed by atoms with Gasteiger partial charge in [-0.25, -0.2) is 9.97 Å². The quantitative estimate of drug-likeness (QED) is 0.690. The molecule has 0 atom stereocenters. The van der Waals surface area contributed by atoms with Crippen molar-refractivity contribution in [3.05, 3.63) is 17.6 Å². The number of nitrogens with two attached hydrogens (primary N) is 1. The van der Waals surface area contributed by atoms with Crippen molar-refractivity contribution in [1.29, 1.82) is 0 Å². The Bertz CT molecular complexity index is 386. The van der Waals surface area contributed by atoms with E-state index in [0.717, 1.165) is 12.2 Å². The third kappa shape index (κ3) is 2.66. The summed E-state index contributed by atoms with van der Waals surface area (Å²) in [6.07, 6.45) is 0. The molecule has 1 fully saturated rings. The van der Waals surface area contributed by atoms with Crippen LogP contribution in [0.25, 0.3) is 0 Å². The Morgan fingerprint density at radius 2 is 2.38 bits per heavy atom. The van der Waals surface area contributed by atoms with Crippen molar-refractivity contribution in [3.63, 3.8) is 0 Å². The molecule has 1 aromatic heterocycles. The summed E-state index contributed by atoms with van der Waals surface area (Å²) < 4.78 is 0. The van der Waals surface area contributed by atoms with Crippen LogP contribution in [0.2, 0.25) is 0 Å². The Morgan fingerprint density at radius 3 is 3.06 bits per heavy atom. The zero-order chi connectivity index (χ0) is 11.5. The molecule has 0 aromatic carbocycles. The molecule has 0 aliphatic carbocycles. The molecule has 1 amide bonds. The lowest BCUT2D eigenvalue weighted by Gasteiger charge is -2.25. The first-order valence-electron chi connectivity index (χ1n) is 5.22. The highest BCUT2D eigenvalue weighted by molar-refractivity contribution is 5.78. The minimum atomic E-state index is 0.0480. The van der Waals surface area contributed by atoms with Crippen molar-refractivity contribution in [3.8, 4) is 0 Å². The third-order valence-electron chi connectivity index (χ3n) is 2.40. The van der Waals surface area contributed by atoms with Gasteiger partial charge in [-0.1, -0.05) is 0 Å². The summed E-state index contributed by atoms with van der Waals surface area (Å²) >= 11 is 0. The van der Waals surface area contributed by atoms with E-state index in [9.17, 15) is 4.79 Å². The van der Waals surface area contributed by atoms with Crippen LogP contribution >= 0.6 is 0 Å². The Morgan fingerprint density at radius 1 is 1.56 bits per heavy atom. The van der Waals surface area contributed by atoms with Gasteiger partial charge >= 0.3 is 0 Å².